The van der Waals surface area contributed by atoms with E-state index in [4.69, 9.17) is 10.6 Å². The monoisotopic (exact) mass is 369 g/mol. The number of hydrogen-bond acceptors (Lipinski definition) is 5. The second kappa shape index (κ2) is 7.03. The van der Waals surface area contributed by atoms with Crippen molar-refractivity contribution in [2.45, 2.75) is 37.5 Å². The number of halogens is 3. The average Bonchev–Trinajstić information content (AvgIpc) is 2.57. The van der Waals surface area contributed by atoms with Crippen LogP contribution in [-0.2, 0) is 4.84 Å². The molecule has 1 aliphatic carbocycles. The summed E-state index contributed by atoms with van der Waals surface area (Å²) in [4.78, 5) is 5.60. The predicted molar refractivity (Wildman–Crippen MR) is 90.9 cm³/mol. The number of rotatable bonds is 3. The number of alkyl halides is 3. The van der Waals surface area contributed by atoms with Gasteiger partial charge in [-0.15, -0.1) is 13.2 Å². The Morgan fingerprint density at radius 1 is 1.38 bits per heavy atom. The summed E-state index contributed by atoms with van der Waals surface area (Å²) in [5, 5.41) is 4.86. The van der Waals surface area contributed by atoms with Crippen molar-refractivity contribution < 1.29 is 22.7 Å². The fourth-order valence-electron chi connectivity index (χ4n) is 3.16. The molecule has 3 N–H and O–H groups in total. The molecule has 3 rings (SSSR count). The topological polar surface area (TPSA) is 59.8 Å². The highest BCUT2D eigenvalue weighted by Gasteiger charge is 2.37. The van der Waals surface area contributed by atoms with Crippen molar-refractivity contribution in [3.63, 3.8) is 0 Å². The highest BCUT2D eigenvalue weighted by molar-refractivity contribution is 5.41. The van der Waals surface area contributed by atoms with Crippen LogP contribution in [0.15, 0.2) is 48.1 Å². The number of ether oxygens (including phenoxy) is 1. The van der Waals surface area contributed by atoms with Crippen molar-refractivity contribution >= 4 is 0 Å². The Labute approximate surface area is 150 Å². The molecule has 8 heteroatoms. The van der Waals surface area contributed by atoms with Crippen LogP contribution in [-0.4, -0.2) is 36.9 Å². The molecule has 0 amide bonds. The van der Waals surface area contributed by atoms with E-state index in [0.29, 0.717) is 13.0 Å². The van der Waals surface area contributed by atoms with Crippen molar-refractivity contribution in [1.82, 2.24) is 10.4 Å². The third-order valence-electron chi connectivity index (χ3n) is 4.64. The van der Waals surface area contributed by atoms with Gasteiger partial charge in [0.25, 0.3) is 0 Å². The zero-order chi connectivity index (χ0) is 18.9. The Balaban J connectivity index is 1.82. The lowest BCUT2D eigenvalue weighted by molar-refractivity contribution is -0.274. The Hall–Kier alpha value is -1.87. The molecule has 1 aromatic rings. The van der Waals surface area contributed by atoms with Crippen molar-refractivity contribution in [3.8, 4) is 5.75 Å². The minimum Gasteiger partial charge on any atom is -0.406 e. The first-order valence-electron chi connectivity index (χ1n) is 8.30. The summed E-state index contributed by atoms with van der Waals surface area (Å²) >= 11 is 0. The van der Waals surface area contributed by atoms with Crippen LogP contribution in [0.2, 0.25) is 0 Å². The highest BCUT2D eigenvalue weighted by atomic mass is 19.4. The summed E-state index contributed by atoms with van der Waals surface area (Å²) in [6.45, 7) is 2.39. The Bertz CT molecular complexity index is 720. The smallest absolute Gasteiger partial charge is 0.406 e. The van der Waals surface area contributed by atoms with Gasteiger partial charge in [-0.3, -0.25) is 10.2 Å². The van der Waals surface area contributed by atoms with Gasteiger partial charge in [0.15, 0.2) is 0 Å². The predicted octanol–water partition coefficient (Wildman–Crippen LogP) is 3.02. The van der Waals surface area contributed by atoms with E-state index in [0.717, 1.165) is 11.1 Å². The molecule has 0 radical (unpaired) electrons. The lowest BCUT2D eigenvalue weighted by atomic mass is 9.82. The molecule has 142 valence electrons. The van der Waals surface area contributed by atoms with E-state index < -0.39 is 18.2 Å². The van der Waals surface area contributed by atoms with Crippen molar-refractivity contribution in [2.75, 3.05) is 13.7 Å². The Kier molecular flexibility index (Phi) is 5.12. The van der Waals surface area contributed by atoms with E-state index in [1.165, 1.54) is 12.1 Å². The van der Waals surface area contributed by atoms with Crippen LogP contribution in [0, 0.1) is 0 Å². The molecule has 3 atom stereocenters. The van der Waals surface area contributed by atoms with Gasteiger partial charge in [-0.2, -0.15) is 5.06 Å². The minimum absolute atomic E-state index is 0.0544. The lowest BCUT2D eigenvalue weighted by Crippen LogP contribution is -2.66. The fourth-order valence-corrected chi connectivity index (χ4v) is 3.16. The molecule has 1 saturated heterocycles. The molecule has 1 heterocycles. The molecule has 0 aromatic heterocycles. The Morgan fingerprint density at radius 2 is 2.15 bits per heavy atom. The molecule has 26 heavy (non-hydrogen) atoms. The molecule has 1 fully saturated rings. The molecule has 2 aliphatic rings. The lowest BCUT2D eigenvalue weighted by Gasteiger charge is -2.44. The summed E-state index contributed by atoms with van der Waals surface area (Å²) in [7, 11) is 1.75. The second-order valence-electron chi connectivity index (χ2n) is 6.73. The number of nitrogens with two attached hydrogens (primary N) is 1. The number of benzene rings is 1. The molecule has 3 unspecified atom stereocenters. The van der Waals surface area contributed by atoms with Crippen LogP contribution >= 0.6 is 0 Å². The van der Waals surface area contributed by atoms with Gasteiger partial charge in [-0.1, -0.05) is 30.4 Å². The third-order valence-corrected chi connectivity index (χ3v) is 4.64. The van der Waals surface area contributed by atoms with Gasteiger partial charge in [0.2, 0.25) is 0 Å². The number of hydroxylamine groups is 2. The fraction of sp³-hybridized carbons (Fsp3) is 0.444. The minimum atomic E-state index is -4.70. The summed E-state index contributed by atoms with van der Waals surface area (Å²) in [6, 6.07) is 6.09. The largest absolute Gasteiger partial charge is 0.573 e. The van der Waals surface area contributed by atoms with E-state index in [1.54, 1.807) is 24.2 Å². The van der Waals surface area contributed by atoms with E-state index in [2.05, 4.69) is 10.1 Å². The van der Waals surface area contributed by atoms with Crippen LogP contribution in [0.3, 0.4) is 0 Å². The maximum absolute atomic E-state index is 12.5. The van der Waals surface area contributed by atoms with Gasteiger partial charge >= 0.3 is 6.36 Å². The first-order valence-corrected chi connectivity index (χ1v) is 8.30. The van der Waals surface area contributed by atoms with Gasteiger partial charge in [-0.25, -0.2) is 0 Å². The molecular weight excluding hydrogens is 347 g/mol. The average molecular weight is 369 g/mol. The van der Waals surface area contributed by atoms with Crippen LogP contribution in [0.5, 0.6) is 5.75 Å². The number of nitrogens with zero attached hydrogens (tertiary/aromatic N) is 1. The van der Waals surface area contributed by atoms with E-state index >= 15 is 0 Å². The molecule has 1 aromatic carbocycles. The number of allylic oxidation sites excluding steroid dienone is 2. The summed E-state index contributed by atoms with van der Waals surface area (Å²) < 4.78 is 41.4. The van der Waals surface area contributed by atoms with Crippen molar-refractivity contribution in [2.24, 2.45) is 5.73 Å². The molecule has 1 aliphatic heterocycles. The normalized spacial score (nSPS) is 30.2. The quantitative estimate of drug-likeness (QED) is 0.858. The van der Waals surface area contributed by atoms with Crippen LogP contribution in [0.4, 0.5) is 13.2 Å². The zero-order valence-corrected chi connectivity index (χ0v) is 14.6. The maximum Gasteiger partial charge on any atom is 0.573 e. The van der Waals surface area contributed by atoms with E-state index in [-0.39, 0.29) is 11.7 Å². The van der Waals surface area contributed by atoms with Crippen LogP contribution in [0.1, 0.15) is 24.8 Å². The molecule has 0 bridgehead atoms. The van der Waals surface area contributed by atoms with Crippen LogP contribution in [0.25, 0.3) is 0 Å². The van der Waals surface area contributed by atoms with Crippen molar-refractivity contribution in [3.05, 3.63) is 53.6 Å². The molecule has 0 saturated carbocycles. The maximum atomic E-state index is 12.5. The van der Waals surface area contributed by atoms with Gasteiger partial charge in [0.1, 0.15) is 12.0 Å². The zero-order valence-electron chi connectivity index (χ0n) is 14.6. The summed E-state index contributed by atoms with van der Waals surface area (Å²) in [6.07, 6.45) is 1.59. The molecular formula is C18H22F3N3O2. The summed E-state index contributed by atoms with van der Waals surface area (Å²) in [5.74, 6) is -0.269. The second-order valence-corrected chi connectivity index (χ2v) is 6.73. The third kappa shape index (κ3) is 4.27. The number of nitrogens with one attached hydrogen (secondary N) is 1. The standard InChI is InChI=1S/C18H22F3N3O2/c1-17(11-25-24(2)16(22)23-17)14-7-3-5-12(9-14)13-6-4-8-15(10-13)26-18(19,20)21/h3-4,6-10,12,16,23H,5,11,22H2,1-2H3. The van der Waals surface area contributed by atoms with Gasteiger partial charge in [0.05, 0.1) is 12.1 Å². The first kappa shape index (κ1) is 18.9. The molecule has 0 spiro atoms. The van der Waals surface area contributed by atoms with E-state index in [1.807, 2.05) is 25.2 Å². The van der Waals surface area contributed by atoms with Crippen molar-refractivity contribution in [1.29, 1.82) is 0 Å². The Morgan fingerprint density at radius 3 is 2.85 bits per heavy atom. The SMILES string of the molecule is CN1OCC(C)(C2=CC(c3cccc(OC(F)(F)F)c3)CC=C2)NC1N. The number of hydrogen-bond donors (Lipinski definition) is 2. The van der Waals surface area contributed by atoms with E-state index in [9.17, 15) is 13.2 Å². The first-order chi connectivity index (χ1) is 12.2. The highest BCUT2D eigenvalue weighted by Crippen LogP contribution is 2.35. The summed E-state index contributed by atoms with van der Waals surface area (Å²) in [5.41, 5.74) is 7.26. The van der Waals surface area contributed by atoms with Gasteiger partial charge in [0, 0.05) is 13.0 Å². The van der Waals surface area contributed by atoms with Gasteiger partial charge < -0.3 is 10.5 Å². The van der Waals surface area contributed by atoms with Crippen LogP contribution < -0.4 is 15.8 Å². The molecule has 5 nitrogen and oxygen atoms in total. The van der Waals surface area contributed by atoms with Gasteiger partial charge in [-0.05, 0) is 36.6 Å².